The van der Waals surface area contributed by atoms with Gasteiger partial charge >= 0.3 is 0 Å². The molecule has 0 amide bonds. The number of hydrogen-bond acceptors (Lipinski definition) is 4. The first kappa shape index (κ1) is 15.9. The second kappa shape index (κ2) is 7.02. The van der Waals surface area contributed by atoms with Crippen molar-refractivity contribution >= 4 is 0 Å². The van der Waals surface area contributed by atoms with Gasteiger partial charge in [0, 0.05) is 24.8 Å². The normalized spacial score (nSPS) is 25.8. The first-order valence-electron chi connectivity index (χ1n) is 7.79. The van der Waals surface area contributed by atoms with Gasteiger partial charge in [-0.2, -0.15) is 5.26 Å². The van der Waals surface area contributed by atoms with Crippen molar-refractivity contribution in [3.05, 3.63) is 29.6 Å². The van der Waals surface area contributed by atoms with Crippen LogP contribution in [-0.2, 0) is 6.54 Å². The second-order valence-electron chi connectivity index (χ2n) is 6.58. The fraction of sp³-hybridized carbons (Fsp3) is 0.647. The predicted molar refractivity (Wildman–Crippen MR) is 84.7 cm³/mol. The van der Waals surface area contributed by atoms with Crippen LogP contribution in [0.2, 0.25) is 0 Å². The Balaban J connectivity index is 1.95. The van der Waals surface area contributed by atoms with E-state index in [1.807, 2.05) is 12.1 Å². The lowest BCUT2D eigenvalue weighted by molar-refractivity contribution is 0.0749. The Labute approximate surface area is 128 Å². The maximum Gasteiger partial charge on any atom is 0.140 e. The van der Waals surface area contributed by atoms with Crippen molar-refractivity contribution in [1.82, 2.24) is 15.2 Å². The van der Waals surface area contributed by atoms with E-state index in [1.165, 1.54) is 25.7 Å². The molecule has 2 rings (SSSR count). The van der Waals surface area contributed by atoms with Crippen LogP contribution < -0.4 is 5.32 Å². The van der Waals surface area contributed by atoms with Crippen molar-refractivity contribution in [2.45, 2.75) is 44.7 Å². The molecule has 4 heteroatoms. The van der Waals surface area contributed by atoms with Gasteiger partial charge in [-0.1, -0.05) is 19.8 Å². The molecule has 21 heavy (non-hydrogen) atoms. The molecule has 0 aliphatic heterocycles. The summed E-state index contributed by atoms with van der Waals surface area (Å²) in [4.78, 5) is 6.40. The molecule has 114 valence electrons. The summed E-state index contributed by atoms with van der Waals surface area (Å²) in [7, 11) is 4.39. The van der Waals surface area contributed by atoms with E-state index in [4.69, 9.17) is 5.26 Å². The third-order valence-corrected chi connectivity index (χ3v) is 4.74. The van der Waals surface area contributed by atoms with E-state index in [0.29, 0.717) is 5.69 Å². The quantitative estimate of drug-likeness (QED) is 0.904. The highest BCUT2D eigenvalue weighted by molar-refractivity contribution is 5.25. The zero-order chi connectivity index (χ0) is 15.3. The van der Waals surface area contributed by atoms with Gasteiger partial charge in [0.2, 0.25) is 0 Å². The summed E-state index contributed by atoms with van der Waals surface area (Å²) in [5.74, 6) is 0.800. The van der Waals surface area contributed by atoms with Crippen LogP contribution in [0.1, 0.15) is 43.9 Å². The minimum absolute atomic E-state index is 0.267. The minimum atomic E-state index is 0.267. The smallest absolute Gasteiger partial charge is 0.140 e. The summed E-state index contributed by atoms with van der Waals surface area (Å²) >= 11 is 0. The molecule has 4 nitrogen and oxygen atoms in total. The lowest BCUT2D eigenvalue weighted by Gasteiger charge is -2.45. The van der Waals surface area contributed by atoms with Gasteiger partial charge in [-0.25, -0.2) is 4.98 Å². The van der Waals surface area contributed by atoms with Crippen molar-refractivity contribution in [2.75, 3.05) is 20.6 Å². The van der Waals surface area contributed by atoms with E-state index in [2.05, 4.69) is 42.3 Å². The summed E-state index contributed by atoms with van der Waals surface area (Å²) < 4.78 is 0. The Morgan fingerprint density at radius 1 is 1.52 bits per heavy atom. The van der Waals surface area contributed by atoms with Gasteiger partial charge in [0.05, 0.1) is 0 Å². The molecule has 0 bridgehead atoms. The molecule has 1 aliphatic rings. The fourth-order valence-electron chi connectivity index (χ4n) is 3.44. The minimum Gasteiger partial charge on any atom is -0.311 e. The van der Waals surface area contributed by atoms with Crippen LogP contribution in [-0.4, -0.2) is 36.1 Å². The summed E-state index contributed by atoms with van der Waals surface area (Å²) in [5.41, 5.74) is 1.88. The summed E-state index contributed by atoms with van der Waals surface area (Å²) in [5, 5.41) is 12.5. The van der Waals surface area contributed by atoms with Crippen molar-refractivity contribution in [3.8, 4) is 6.07 Å². The van der Waals surface area contributed by atoms with Crippen molar-refractivity contribution in [2.24, 2.45) is 5.92 Å². The second-order valence-corrected chi connectivity index (χ2v) is 6.58. The average Bonchev–Trinajstić information content (AvgIpc) is 2.47. The Hall–Kier alpha value is -1.44. The molecule has 1 fully saturated rings. The highest BCUT2D eigenvalue weighted by Gasteiger charge is 2.36. The van der Waals surface area contributed by atoms with Crippen LogP contribution in [0.3, 0.4) is 0 Å². The SMILES string of the molecule is CC1CCCC(CNCc2ccnc(C#N)c2)(N(C)C)C1. The molecule has 1 N–H and O–H groups in total. The monoisotopic (exact) mass is 286 g/mol. The molecule has 1 aromatic heterocycles. The van der Waals surface area contributed by atoms with Gasteiger partial charge in [-0.3, -0.25) is 0 Å². The molecule has 1 aliphatic carbocycles. The van der Waals surface area contributed by atoms with Crippen LogP contribution in [0, 0.1) is 17.2 Å². The van der Waals surface area contributed by atoms with E-state index >= 15 is 0 Å². The number of nitrogens with zero attached hydrogens (tertiary/aromatic N) is 3. The summed E-state index contributed by atoms with van der Waals surface area (Å²) in [6.45, 7) is 4.15. The number of nitriles is 1. The number of rotatable bonds is 5. The molecular weight excluding hydrogens is 260 g/mol. The van der Waals surface area contributed by atoms with Crippen LogP contribution in [0.5, 0.6) is 0 Å². The molecular formula is C17H26N4. The molecule has 1 saturated carbocycles. The summed E-state index contributed by atoms with van der Waals surface area (Å²) in [6, 6.07) is 5.92. The standard InChI is InChI=1S/C17H26N4/c1-14-5-4-7-17(10-14,21(2)3)13-19-12-15-6-8-20-16(9-15)11-18/h6,8-9,14,19H,4-5,7,10,12-13H2,1-3H3. The van der Waals surface area contributed by atoms with Gasteiger partial charge in [0.1, 0.15) is 11.8 Å². The maximum absolute atomic E-state index is 8.89. The third-order valence-electron chi connectivity index (χ3n) is 4.74. The Kier molecular flexibility index (Phi) is 5.33. The largest absolute Gasteiger partial charge is 0.311 e. The highest BCUT2D eigenvalue weighted by atomic mass is 15.2. The Morgan fingerprint density at radius 2 is 2.33 bits per heavy atom. The number of pyridine rings is 1. The van der Waals surface area contributed by atoms with E-state index in [0.717, 1.165) is 24.6 Å². The molecule has 1 aromatic rings. The van der Waals surface area contributed by atoms with Crippen LogP contribution in [0.15, 0.2) is 18.3 Å². The van der Waals surface area contributed by atoms with Gasteiger partial charge in [-0.05, 0) is 50.6 Å². The summed E-state index contributed by atoms with van der Waals surface area (Å²) in [6.07, 6.45) is 6.89. The molecule has 0 saturated heterocycles. The number of aromatic nitrogens is 1. The lowest BCUT2D eigenvalue weighted by Crippen LogP contribution is -2.54. The predicted octanol–water partition coefficient (Wildman–Crippen LogP) is 2.55. The third kappa shape index (κ3) is 4.03. The van der Waals surface area contributed by atoms with Crippen molar-refractivity contribution < 1.29 is 0 Å². The van der Waals surface area contributed by atoms with Crippen LogP contribution in [0.25, 0.3) is 0 Å². The van der Waals surface area contributed by atoms with Crippen LogP contribution in [0.4, 0.5) is 0 Å². The highest BCUT2D eigenvalue weighted by Crippen LogP contribution is 2.35. The topological polar surface area (TPSA) is 52.0 Å². The molecule has 0 aromatic carbocycles. The first-order chi connectivity index (χ1) is 10.1. The van der Waals surface area contributed by atoms with E-state index in [9.17, 15) is 0 Å². The molecule has 2 unspecified atom stereocenters. The van der Waals surface area contributed by atoms with Crippen molar-refractivity contribution in [3.63, 3.8) is 0 Å². The molecule has 0 radical (unpaired) electrons. The number of nitrogens with one attached hydrogen (secondary N) is 1. The van der Waals surface area contributed by atoms with E-state index < -0.39 is 0 Å². The Bertz CT molecular complexity index is 506. The van der Waals surface area contributed by atoms with Crippen molar-refractivity contribution in [1.29, 1.82) is 5.26 Å². The maximum atomic E-state index is 8.89. The van der Waals surface area contributed by atoms with Gasteiger partial charge in [-0.15, -0.1) is 0 Å². The van der Waals surface area contributed by atoms with E-state index in [1.54, 1.807) is 6.20 Å². The molecule has 0 spiro atoms. The van der Waals surface area contributed by atoms with Gasteiger partial charge < -0.3 is 10.2 Å². The fourth-order valence-corrected chi connectivity index (χ4v) is 3.44. The average molecular weight is 286 g/mol. The Morgan fingerprint density at radius 3 is 3.00 bits per heavy atom. The lowest BCUT2D eigenvalue weighted by atomic mass is 9.75. The first-order valence-corrected chi connectivity index (χ1v) is 7.79. The number of hydrogen-bond donors (Lipinski definition) is 1. The zero-order valence-corrected chi connectivity index (χ0v) is 13.4. The van der Waals surface area contributed by atoms with Gasteiger partial charge in [0.15, 0.2) is 0 Å². The number of likely N-dealkylation sites (N-methyl/N-ethyl adjacent to an activating group) is 1. The molecule has 2 atom stereocenters. The zero-order valence-electron chi connectivity index (χ0n) is 13.4. The van der Waals surface area contributed by atoms with Crippen LogP contribution >= 0.6 is 0 Å². The molecule has 1 heterocycles. The van der Waals surface area contributed by atoms with Gasteiger partial charge in [0.25, 0.3) is 0 Å². The van der Waals surface area contributed by atoms with E-state index in [-0.39, 0.29) is 5.54 Å².